The van der Waals surface area contributed by atoms with Crippen LogP contribution >= 0.6 is 0 Å². The highest BCUT2D eigenvalue weighted by atomic mass is 32.2. The van der Waals surface area contributed by atoms with Crippen LogP contribution in [0.1, 0.15) is 43.5 Å². The number of carboxylic acid groups (broad SMARTS) is 1. The summed E-state index contributed by atoms with van der Waals surface area (Å²) in [6, 6.07) is 4.93. The molecule has 0 radical (unpaired) electrons. The lowest BCUT2D eigenvalue weighted by molar-refractivity contribution is -0.139. The van der Waals surface area contributed by atoms with Crippen LogP contribution in [0.2, 0.25) is 0 Å². The van der Waals surface area contributed by atoms with Crippen LogP contribution in [0.25, 0.3) is 0 Å². The number of hydrogen-bond donors (Lipinski definition) is 5. The van der Waals surface area contributed by atoms with Crippen molar-refractivity contribution in [1.82, 2.24) is 25.6 Å². The molecule has 2 rings (SSSR count). The van der Waals surface area contributed by atoms with Crippen molar-refractivity contribution in [2.45, 2.75) is 51.2 Å². The third kappa shape index (κ3) is 9.74. The average Bonchev–Trinajstić information content (AvgIpc) is 3.34. The second kappa shape index (κ2) is 13.9. The Kier molecular flexibility index (Phi) is 11.2. The summed E-state index contributed by atoms with van der Waals surface area (Å²) < 4.78 is 24.7. The molecule has 0 unspecified atom stereocenters. The first-order chi connectivity index (χ1) is 17.8. The van der Waals surface area contributed by atoms with Gasteiger partial charge < -0.3 is 26.0 Å². The van der Waals surface area contributed by atoms with Gasteiger partial charge in [0.2, 0.25) is 27.7 Å². The van der Waals surface area contributed by atoms with E-state index in [4.69, 9.17) is 0 Å². The molecule has 14 heteroatoms. The molecule has 0 spiro atoms. The number of nitrogens with one attached hydrogen (secondary N) is 4. The van der Waals surface area contributed by atoms with Crippen molar-refractivity contribution in [2.24, 2.45) is 5.92 Å². The van der Waals surface area contributed by atoms with Crippen LogP contribution in [0.3, 0.4) is 0 Å². The lowest BCUT2D eigenvalue weighted by Gasteiger charge is -2.27. The summed E-state index contributed by atoms with van der Waals surface area (Å²) in [6.07, 6.45) is 1.96. The number of carbonyl (C=O) groups is 5. The molecule has 5 N–H and O–H groups in total. The van der Waals surface area contributed by atoms with Crippen molar-refractivity contribution in [3.63, 3.8) is 0 Å². The second-order valence-electron chi connectivity index (χ2n) is 9.51. The number of rotatable bonds is 13. The Balaban J connectivity index is 2.00. The Hall–Kier alpha value is -3.52. The first-order valence-electron chi connectivity index (χ1n) is 12.2. The van der Waals surface area contributed by atoms with Crippen molar-refractivity contribution in [2.75, 3.05) is 25.9 Å². The number of carboxylic acids is 1. The molecule has 0 bridgehead atoms. The van der Waals surface area contributed by atoms with Crippen molar-refractivity contribution in [3.05, 3.63) is 35.9 Å². The molecule has 0 aromatic heterocycles. The molecule has 1 heterocycles. The molecule has 38 heavy (non-hydrogen) atoms. The highest BCUT2D eigenvalue weighted by molar-refractivity contribution is 7.88. The predicted molar refractivity (Wildman–Crippen MR) is 137 cm³/mol. The lowest BCUT2D eigenvalue weighted by atomic mass is 10.0. The van der Waals surface area contributed by atoms with Gasteiger partial charge in [-0.15, -0.1) is 0 Å². The fourth-order valence-corrected chi connectivity index (χ4v) is 4.72. The number of hydrogen-bond acceptors (Lipinski definition) is 7. The fraction of sp³-hybridized carbons (Fsp3) is 0.542. The summed E-state index contributed by atoms with van der Waals surface area (Å²) in [7, 11) is -3.84. The Morgan fingerprint density at radius 1 is 1.05 bits per heavy atom. The van der Waals surface area contributed by atoms with E-state index in [1.54, 1.807) is 30.3 Å². The monoisotopic (exact) mass is 553 g/mol. The average molecular weight is 554 g/mol. The summed E-state index contributed by atoms with van der Waals surface area (Å²) in [5.41, 5.74) is 0.399. The fourth-order valence-electron chi connectivity index (χ4n) is 4.02. The Morgan fingerprint density at radius 2 is 1.71 bits per heavy atom. The highest BCUT2D eigenvalue weighted by Crippen LogP contribution is 2.18. The van der Waals surface area contributed by atoms with E-state index < -0.39 is 64.3 Å². The van der Waals surface area contributed by atoms with E-state index >= 15 is 0 Å². The Bertz CT molecular complexity index is 1130. The molecule has 13 nitrogen and oxygen atoms in total. The highest BCUT2D eigenvalue weighted by Gasteiger charge is 2.36. The molecular weight excluding hydrogens is 518 g/mol. The van der Waals surface area contributed by atoms with E-state index in [0.717, 1.165) is 6.26 Å². The van der Waals surface area contributed by atoms with Gasteiger partial charge in [0.25, 0.3) is 5.91 Å². The molecule has 1 fully saturated rings. The number of sulfonamides is 1. The Labute approximate surface area is 221 Å². The van der Waals surface area contributed by atoms with E-state index in [2.05, 4.69) is 16.0 Å². The van der Waals surface area contributed by atoms with Gasteiger partial charge in [-0.1, -0.05) is 32.0 Å². The van der Waals surface area contributed by atoms with E-state index in [9.17, 15) is 37.5 Å². The molecule has 0 saturated carbocycles. The number of nitrogens with zero attached hydrogens (tertiary/aromatic N) is 1. The topological polar surface area (TPSA) is 191 Å². The van der Waals surface area contributed by atoms with E-state index in [-0.39, 0.29) is 18.9 Å². The van der Waals surface area contributed by atoms with E-state index in [1.807, 2.05) is 18.6 Å². The minimum absolute atomic E-state index is 0.0232. The van der Waals surface area contributed by atoms with Gasteiger partial charge in [0.1, 0.15) is 18.1 Å². The van der Waals surface area contributed by atoms with Crippen molar-refractivity contribution >= 4 is 39.6 Å². The maximum absolute atomic E-state index is 13.1. The van der Waals surface area contributed by atoms with Crippen LogP contribution in [0.5, 0.6) is 0 Å². The summed E-state index contributed by atoms with van der Waals surface area (Å²) in [4.78, 5) is 63.7. The summed E-state index contributed by atoms with van der Waals surface area (Å²) >= 11 is 0. The molecular formula is C24H35N5O8S. The largest absolute Gasteiger partial charge is 0.480 e. The molecule has 4 amide bonds. The van der Waals surface area contributed by atoms with Gasteiger partial charge in [0.05, 0.1) is 12.8 Å². The zero-order valence-corrected chi connectivity index (χ0v) is 22.4. The maximum Gasteiger partial charge on any atom is 0.323 e. The third-order valence-corrected chi connectivity index (χ3v) is 6.50. The van der Waals surface area contributed by atoms with E-state index in [1.165, 1.54) is 4.90 Å². The number of aliphatic carboxylic acids is 1. The summed E-state index contributed by atoms with van der Waals surface area (Å²) in [5.74, 6) is -3.58. The van der Waals surface area contributed by atoms with Crippen LogP contribution in [-0.2, 0) is 29.2 Å². The van der Waals surface area contributed by atoms with E-state index in [0.29, 0.717) is 24.9 Å². The number of likely N-dealkylation sites (tertiary alicyclic amines) is 1. The molecule has 210 valence electrons. The lowest BCUT2D eigenvalue weighted by Crippen LogP contribution is -2.56. The van der Waals surface area contributed by atoms with Gasteiger partial charge in [-0.25, -0.2) is 8.42 Å². The first-order valence-corrected chi connectivity index (χ1v) is 14.1. The number of carbonyl (C=O) groups excluding carboxylic acids is 4. The zero-order chi connectivity index (χ0) is 28.5. The van der Waals surface area contributed by atoms with Gasteiger partial charge in [0, 0.05) is 18.7 Å². The summed E-state index contributed by atoms with van der Waals surface area (Å²) in [5, 5.41) is 16.8. The molecule has 1 aromatic rings. The molecule has 3 atom stereocenters. The zero-order valence-electron chi connectivity index (χ0n) is 21.6. The van der Waals surface area contributed by atoms with Gasteiger partial charge >= 0.3 is 5.97 Å². The van der Waals surface area contributed by atoms with Gasteiger partial charge in [-0.3, -0.25) is 24.0 Å². The second-order valence-corrected chi connectivity index (χ2v) is 11.3. The molecule has 1 aliphatic heterocycles. The van der Waals surface area contributed by atoms with Crippen LogP contribution < -0.4 is 20.7 Å². The normalized spacial score (nSPS) is 16.9. The predicted octanol–water partition coefficient (Wildman–Crippen LogP) is -0.943. The van der Waals surface area contributed by atoms with Crippen LogP contribution in [0.4, 0.5) is 0 Å². The molecule has 1 saturated heterocycles. The standard InChI is InChI=1S/C24H35N5O8S/c1-15(2)12-17(22(32)25-13-18(24(34)35)28-38(3,36)37)27-23(33)19-10-7-11-29(19)20(30)14-26-21(31)16-8-5-4-6-9-16/h4-6,8-9,15,17-19,28H,7,10-14H2,1-3H3,(H,25,32)(H,26,31)(H,27,33)(H,34,35)/t17-,18-,19-/m0/s1. The quantitative estimate of drug-likeness (QED) is 0.207. The minimum atomic E-state index is -3.84. The van der Waals surface area contributed by atoms with Crippen LogP contribution in [0, 0.1) is 5.92 Å². The van der Waals surface area contributed by atoms with Gasteiger partial charge in [-0.05, 0) is 37.3 Å². The SMILES string of the molecule is CC(C)C[C@H](NC(=O)[C@@H]1CCCN1C(=O)CNC(=O)c1ccccc1)C(=O)NC[C@H](NS(C)(=O)=O)C(=O)O. The number of benzene rings is 1. The smallest absolute Gasteiger partial charge is 0.323 e. The molecule has 1 aromatic carbocycles. The molecule has 1 aliphatic rings. The van der Waals surface area contributed by atoms with Crippen molar-refractivity contribution in [1.29, 1.82) is 0 Å². The number of amides is 4. The minimum Gasteiger partial charge on any atom is -0.480 e. The summed E-state index contributed by atoms with van der Waals surface area (Å²) in [6.45, 7) is 3.16. The van der Waals surface area contributed by atoms with Crippen molar-refractivity contribution in [3.8, 4) is 0 Å². The van der Waals surface area contributed by atoms with Crippen LogP contribution in [0.15, 0.2) is 30.3 Å². The maximum atomic E-state index is 13.1. The molecule has 0 aliphatic carbocycles. The van der Waals surface area contributed by atoms with Gasteiger partial charge in [-0.2, -0.15) is 4.72 Å². The third-order valence-electron chi connectivity index (χ3n) is 5.79. The Morgan fingerprint density at radius 3 is 2.29 bits per heavy atom. The van der Waals surface area contributed by atoms with Crippen LogP contribution in [-0.4, -0.2) is 92.0 Å². The van der Waals surface area contributed by atoms with Crippen molar-refractivity contribution < 1.29 is 37.5 Å². The first kappa shape index (κ1) is 30.7. The van der Waals surface area contributed by atoms with Gasteiger partial charge in [0.15, 0.2) is 0 Å².